The Morgan fingerprint density at radius 2 is 1.47 bits per heavy atom. The van der Waals surface area contributed by atoms with Crippen LogP contribution in [-0.2, 0) is 13.0 Å². The van der Waals surface area contributed by atoms with Gasteiger partial charge in [0.05, 0.1) is 6.54 Å². The minimum atomic E-state index is 0.872. The van der Waals surface area contributed by atoms with Crippen LogP contribution in [0, 0.1) is 0 Å². The largest absolute Gasteiger partial charge is 0.465 e. The van der Waals surface area contributed by atoms with Gasteiger partial charge in [0.15, 0.2) is 0 Å². The number of hydrogen-bond donors (Lipinski definition) is 1. The maximum absolute atomic E-state index is 5.65. The van der Waals surface area contributed by atoms with Crippen molar-refractivity contribution in [2.24, 2.45) is 0 Å². The van der Waals surface area contributed by atoms with Gasteiger partial charge >= 0.3 is 0 Å². The lowest BCUT2D eigenvalue weighted by atomic mass is 10.1. The molecule has 1 rings (SSSR count). The molecule has 0 fully saturated rings. The Kier molecular flexibility index (Phi) is 9.52. The van der Waals surface area contributed by atoms with Crippen molar-refractivity contribution >= 4 is 0 Å². The topological polar surface area (TPSA) is 25.2 Å². The molecule has 0 aromatic carbocycles. The molecule has 0 saturated carbocycles. The number of unbranched alkanes of at least 4 members (excludes halogenated alkanes) is 7. The molecular weight excluding hydrogens is 234 g/mol. The van der Waals surface area contributed by atoms with Gasteiger partial charge in [-0.25, -0.2) is 0 Å². The van der Waals surface area contributed by atoms with Crippen molar-refractivity contribution in [2.45, 2.75) is 78.2 Å². The molecule has 19 heavy (non-hydrogen) atoms. The average Bonchev–Trinajstić information content (AvgIpc) is 2.89. The lowest BCUT2D eigenvalue weighted by Crippen LogP contribution is -2.14. The van der Waals surface area contributed by atoms with Crippen LogP contribution in [0.25, 0.3) is 0 Å². The molecule has 0 aliphatic rings. The third-order valence-corrected chi connectivity index (χ3v) is 3.57. The van der Waals surface area contributed by atoms with E-state index < -0.39 is 0 Å². The number of hydrogen-bond acceptors (Lipinski definition) is 2. The lowest BCUT2D eigenvalue weighted by Gasteiger charge is -2.03. The summed E-state index contributed by atoms with van der Waals surface area (Å²) in [7, 11) is 0. The Morgan fingerprint density at radius 1 is 0.842 bits per heavy atom. The molecule has 2 nitrogen and oxygen atoms in total. The summed E-state index contributed by atoms with van der Waals surface area (Å²) in [4.78, 5) is 0. The highest BCUT2D eigenvalue weighted by Crippen LogP contribution is 2.09. The zero-order chi connectivity index (χ0) is 13.8. The number of aryl methyl sites for hydroxylation is 1. The summed E-state index contributed by atoms with van der Waals surface area (Å²) < 4.78 is 5.65. The summed E-state index contributed by atoms with van der Waals surface area (Å²) >= 11 is 0. The van der Waals surface area contributed by atoms with Crippen LogP contribution in [0.5, 0.6) is 0 Å². The fourth-order valence-electron chi connectivity index (χ4n) is 2.30. The van der Waals surface area contributed by atoms with Crippen molar-refractivity contribution in [3.63, 3.8) is 0 Å². The van der Waals surface area contributed by atoms with Crippen LogP contribution in [-0.4, -0.2) is 6.54 Å². The molecule has 0 radical (unpaired) electrons. The molecule has 1 aromatic heterocycles. The van der Waals surface area contributed by atoms with Crippen molar-refractivity contribution in [1.29, 1.82) is 0 Å². The summed E-state index contributed by atoms with van der Waals surface area (Å²) in [6, 6.07) is 4.16. The van der Waals surface area contributed by atoms with Gasteiger partial charge in [0.2, 0.25) is 0 Å². The zero-order valence-corrected chi connectivity index (χ0v) is 12.8. The summed E-state index contributed by atoms with van der Waals surface area (Å²) in [6.45, 7) is 6.37. The Hall–Kier alpha value is -0.760. The van der Waals surface area contributed by atoms with E-state index in [1.807, 2.05) is 0 Å². The summed E-state index contributed by atoms with van der Waals surface area (Å²) in [5, 5.41) is 3.46. The zero-order valence-electron chi connectivity index (χ0n) is 12.8. The molecule has 2 heteroatoms. The Bertz CT molecular complexity index is 306. The monoisotopic (exact) mass is 265 g/mol. The van der Waals surface area contributed by atoms with E-state index in [4.69, 9.17) is 4.42 Å². The number of furan rings is 1. The van der Waals surface area contributed by atoms with Crippen LogP contribution >= 0.6 is 0 Å². The minimum Gasteiger partial charge on any atom is -0.465 e. The second-order valence-electron chi connectivity index (χ2n) is 5.37. The predicted octanol–water partition coefficient (Wildman–Crippen LogP) is 5.07. The molecule has 0 saturated heterocycles. The van der Waals surface area contributed by atoms with E-state index in [0.717, 1.165) is 31.0 Å². The van der Waals surface area contributed by atoms with Crippen LogP contribution in [0.4, 0.5) is 0 Å². The van der Waals surface area contributed by atoms with Crippen molar-refractivity contribution in [2.75, 3.05) is 6.54 Å². The van der Waals surface area contributed by atoms with E-state index >= 15 is 0 Å². The molecule has 110 valence electrons. The fraction of sp³-hybridized carbons (Fsp3) is 0.765. The first kappa shape index (κ1) is 16.3. The molecule has 1 N–H and O–H groups in total. The van der Waals surface area contributed by atoms with Gasteiger partial charge in [-0.1, -0.05) is 58.8 Å². The van der Waals surface area contributed by atoms with E-state index in [9.17, 15) is 0 Å². The van der Waals surface area contributed by atoms with Gasteiger partial charge in [-0.2, -0.15) is 0 Å². The van der Waals surface area contributed by atoms with Gasteiger partial charge in [0, 0.05) is 6.42 Å². The molecule has 0 aliphatic heterocycles. The third kappa shape index (κ3) is 8.10. The lowest BCUT2D eigenvalue weighted by molar-refractivity contribution is 0.447. The molecule has 0 atom stereocenters. The standard InChI is InChI=1S/C17H31NO/c1-3-5-6-7-8-9-10-11-14-18-15-17-13-12-16(4-2)19-17/h12-13,18H,3-11,14-15H2,1-2H3. The summed E-state index contributed by atoms with van der Waals surface area (Å²) in [5.74, 6) is 2.15. The quantitative estimate of drug-likeness (QED) is 0.534. The first-order valence-corrected chi connectivity index (χ1v) is 8.15. The third-order valence-electron chi connectivity index (χ3n) is 3.57. The predicted molar refractivity (Wildman–Crippen MR) is 82.4 cm³/mol. The Morgan fingerprint density at radius 3 is 2.11 bits per heavy atom. The highest BCUT2D eigenvalue weighted by Gasteiger charge is 1.99. The molecule has 1 heterocycles. The second-order valence-corrected chi connectivity index (χ2v) is 5.37. The van der Waals surface area contributed by atoms with Gasteiger partial charge in [0.25, 0.3) is 0 Å². The maximum Gasteiger partial charge on any atom is 0.117 e. The van der Waals surface area contributed by atoms with Gasteiger partial charge in [-0.3, -0.25) is 0 Å². The van der Waals surface area contributed by atoms with Crippen molar-refractivity contribution < 1.29 is 4.42 Å². The van der Waals surface area contributed by atoms with Crippen LogP contribution < -0.4 is 5.32 Å². The Labute approximate surface area is 119 Å². The van der Waals surface area contributed by atoms with Gasteiger partial charge < -0.3 is 9.73 Å². The van der Waals surface area contributed by atoms with E-state index in [1.54, 1.807) is 0 Å². The smallest absolute Gasteiger partial charge is 0.117 e. The van der Waals surface area contributed by atoms with Gasteiger partial charge in [0.1, 0.15) is 11.5 Å². The van der Waals surface area contributed by atoms with E-state index in [2.05, 4.69) is 31.3 Å². The minimum absolute atomic E-state index is 0.872. The van der Waals surface area contributed by atoms with Gasteiger partial charge in [-0.15, -0.1) is 0 Å². The summed E-state index contributed by atoms with van der Waals surface area (Å²) in [6.07, 6.45) is 12.0. The highest BCUT2D eigenvalue weighted by atomic mass is 16.3. The molecule has 0 spiro atoms. The van der Waals surface area contributed by atoms with Gasteiger partial charge in [-0.05, 0) is 25.1 Å². The van der Waals surface area contributed by atoms with E-state index in [1.165, 1.54) is 51.4 Å². The SMILES string of the molecule is CCCCCCCCCCNCc1ccc(CC)o1. The first-order valence-electron chi connectivity index (χ1n) is 8.15. The molecule has 0 unspecified atom stereocenters. The highest BCUT2D eigenvalue weighted by molar-refractivity contribution is 5.06. The van der Waals surface area contributed by atoms with Crippen LogP contribution in [0.15, 0.2) is 16.5 Å². The number of nitrogens with one attached hydrogen (secondary N) is 1. The van der Waals surface area contributed by atoms with Crippen molar-refractivity contribution in [3.05, 3.63) is 23.7 Å². The van der Waals surface area contributed by atoms with E-state index in [-0.39, 0.29) is 0 Å². The van der Waals surface area contributed by atoms with Crippen molar-refractivity contribution in [1.82, 2.24) is 5.32 Å². The first-order chi connectivity index (χ1) is 9.36. The fourth-order valence-corrected chi connectivity index (χ4v) is 2.30. The number of rotatable bonds is 12. The molecule has 1 aromatic rings. The molecule has 0 bridgehead atoms. The van der Waals surface area contributed by atoms with Crippen LogP contribution in [0.3, 0.4) is 0 Å². The Balaban J connectivity index is 1.86. The molecule has 0 aliphatic carbocycles. The molecular formula is C17H31NO. The second kappa shape index (κ2) is 11.1. The van der Waals surface area contributed by atoms with Crippen molar-refractivity contribution in [3.8, 4) is 0 Å². The normalized spacial score (nSPS) is 11.1. The molecule has 0 amide bonds. The summed E-state index contributed by atoms with van der Waals surface area (Å²) in [5.41, 5.74) is 0. The van der Waals surface area contributed by atoms with Crippen LogP contribution in [0.2, 0.25) is 0 Å². The van der Waals surface area contributed by atoms with E-state index in [0.29, 0.717) is 0 Å². The van der Waals surface area contributed by atoms with Crippen LogP contribution in [0.1, 0.15) is 76.7 Å². The average molecular weight is 265 g/mol. The maximum atomic E-state index is 5.65.